The standard InChI is InChI=1S/C21H23N5O5/c22-18(23)17-12-25(21(30)31-13-14-5-2-1-3-6-14)9-10-26(17)20(29)24-16-8-4-7-15(11-16)19(27)28/h1-8,11,17H,9-10,12-13H2,(H3,22,23)(H,24,29)(H,27,28). The molecule has 0 aromatic heterocycles. The summed E-state index contributed by atoms with van der Waals surface area (Å²) in [4.78, 5) is 39.0. The second-order valence-electron chi connectivity index (χ2n) is 6.97. The maximum Gasteiger partial charge on any atom is 0.410 e. The van der Waals surface area contributed by atoms with Crippen LogP contribution < -0.4 is 11.1 Å². The molecule has 1 saturated heterocycles. The third-order valence-electron chi connectivity index (χ3n) is 4.82. The fourth-order valence-electron chi connectivity index (χ4n) is 3.19. The summed E-state index contributed by atoms with van der Waals surface area (Å²) in [5.41, 5.74) is 6.87. The fourth-order valence-corrected chi connectivity index (χ4v) is 3.19. The van der Waals surface area contributed by atoms with Crippen LogP contribution in [-0.4, -0.2) is 64.5 Å². The number of amidine groups is 1. The first-order chi connectivity index (χ1) is 14.8. The largest absolute Gasteiger partial charge is 0.478 e. The molecule has 10 nitrogen and oxygen atoms in total. The van der Waals surface area contributed by atoms with Crippen LogP contribution in [0.5, 0.6) is 0 Å². The molecule has 0 saturated carbocycles. The second kappa shape index (κ2) is 9.61. The molecule has 1 atom stereocenters. The summed E-state index contributed by atoms with van der Waals surface area (Å²) in [5, 5.41) is 19.6. The number of rotatable bonds is 5. The Hall–Kier alpha value is -4.08. The number of hydrogen-bond acceptors (Lipinski definition) is 5. The van der Waals surface area contributed by atoms with Crippen molar-refractivity contribution >= 4 is 29.6 Å². The van der Waals surface area contributed by atoms with E-state index >= 15 is 0 Å². The number of carbonyl (C=O) groups excluding carboxylic acids is 2. The van der Waals surface area contributed by atoms with Crippen LogP contribution >= 0.6 is 0 Å². The van der Waals surface area contributed by atoms with Crippen molar-refractivity contribution in [3.63, 3.8) is 0 Å². The Labute approximate surface area is 178 Å². The molecule has 0 radical (unpaired) electrons. The first-order valence-electron chi connectivity index (χ1n) is 9.55. The van der Waals surface area contributed by atoms with Gasteiger partial charge in [0, 0.05) is 18.8 Å². The van der Waals surface area contributed by atoms with Crippen molar-refractivity contribution in [2.45, 2.75) is 12.6 Å². The van der Waals surface area contributed by atoms with Crippen LogP contribution in [0, 0.1) is 5.41 Å². The van der Waals surface area contributed by atoms with Crippen molar-refractivity contribution in [1.29, 1.82) is 5.41 Å². The van der Waals surface area contributed by atoms with Crippen molar-refractivity contribution in [3.8, 4) is 0 Å². The molecule has 3 rings (SSSR count). The van der Waals surface area contributed by atoms with Gasteiger partial charge in [0.1, 0.15) is 18.5 Å². The lowest BCUT2D eigenvalue weighted by Crippen LogP contribution is -2.61. The minimum Gasteiger partial charge on any atom is -0.478 e. The van der Waals surface area contributed by atoms with E-state index in [1.54, 1.807) is 6.07 Å². The Kier molecular flexibility index (Phi) is 6.71. The molecular formula is C21H23N5O5. The molecule has 31 heavy (non-hydrogen) atoms. The smallest absolute Gasteiger partial charge is 0.410 e. The van der Waals surface area contributed by atoms with E-state index in [0.29, 0.717) is 5.69 Å². The predicted octanol–water partition coefficient (Wildman–Crippen LogP) is 2.18. The van der Waals surface area contributed by atoms with Gasteiger partial charge in [-0.05, 0) is 23.8 Å². The summed E-state index contributed by atoms with van der Waals surface area (Å²) >= 11 is 0. The Balaban J connectivity index is 1.62. The number of nitrogens with zero attached hydrogens (tertiary/aromatic N) is 2. The predicted molar refractivity (Wildman–Crippen MR) is 113 cm³/mol. The van der Waals surface area contributed by atoms with Gasteiger partial charge >= 0.3 is 18.1 Å². The zero-order valence-electron chi connectivity index (χ0n) is 16.7. The van der Waals surface area contributed by atoms with E-state index in [2.05, 4.69) is 5.32 Å². The highest BCUT2D eigenvalue weighted by atomic mass is 16.6. The number of anilines is 1. The van der Waals surface area contributed by atoms with Gasteiger partial charge in [0.25, 0.3) is 0 Å². The molecule has 1 aliphatic rings. The zero-order valence-corrected chi connectivity index (χ0v) is 16.7. The number of benzene rings is 2. The van der Waals surface area contributed by atoms with Crippen LogP contribution in [0.2, 0.25) is 0 Å². The number of carbonyl (C=O) groups is 3. The summed E-state index contributed by atoms with van der Waals surface area (Å²) in [6.07, 6.45) is -0.552. The molecule has 1 fully saturated rings. The van der Waals surface area contributed by atoms with Crippen molar-refractivity contribution in [2.75, 3.05) is 25.0 Å². The Morgan fingerprint density at radius 2 is 1.87 bits per heavy atom. The van der Waals surface area contributed by atoms with Gasteiger partial charge in [0.15, 0.2) is 0 Å². The van der Waals surface area contributed by atoms with Crippen LogP contribution in [-0.2, 0) is 11.3 Å². The number of urea groups is 1. The second-order valence-corrected chi connectivity index (χ2v) is 6.97. The fraction of sp³-hybridized carbons (Fsp3) is 0.238. The summed E-state index contributed by atoms with van der Waals surface area (Å²) in [6.45, 7) is 0.478. The number of ether oxygens (including phenoxy) is 1. The van der Waals surface area contributed by atoms with E-state index in [-0.39, 0.29) is 37.6 Å². The van der Waals surface area contributed by atoms with Gasteiger partial charge in [-0.25, -0.2) is 14.4 Å². The number of amides is 3. The van der Waals surface area contributed by atoms with Crippen LogP contribution in [0.3, 0.4) is 0 Å². The van der Waals surface area contributed by atoms with Crippen LogP contribution in [0.4, 0.5) is 15.3 Å². The highest BCUT2D eigenvalue weighted by Gasteiger charge is 2.35. The number of nitrogens with one attached hydrogen (secondary N) is 2. The topological polar surface area (TPSA) is 149 Å². The minimum atomic E-state index is -1.11. The minimum absolute atomic E-state index is 0.0194. The summed E-state index contributed by atoms with van der Waals surface area (Å²) in [7, 11) is 0. The van der Waals surface area contributed by atoms with Gasteiger partial charge in [-0.15, -0.1) is 0 Å². The molecule has 3 amide bonds. The summed E-state index contributed by atoms with van der Waals surface area (Å²) < 4.78 is 5.32. The molecule has 162 valence electrons. The summed E-state index contributed by atoms with van der Waals surface area (Å²) in [6, 6.07) is 13.7. The van der Waals surface area contributed by atoms with Gasteiger partial charge in [0.05, 0.1) is 12.1 Å². The highest BCUT2D eigenvalue weighted by molar-refractivity contribution is 5.96. The number of nitrogens with two attached hydrogens (primary N) is 1. The normalized spacial score (nSPS) is 15.8. The number of aromatic carboxylic acids is 1. The maximum absolute atomic E-state index is 12.7. The molecular weight excluding hydrogens is 402 g/mol. The van der Waals surface area contributed by atoms with Crippen molar-refractivity contribution < 1.29 is 24.2 Å². The average Bonchev–Trinajstić information content (AvgIpc) is 2.77. The average molecular weight is 425 g/mol. The van der Waals surface area contributed by atoms with Crippen molar-refractivity contribution in [2.24, 2.45) is 5.73 Å². The van der Waals surface area contributed by atoms with E-state index in [1.807, 2.05) is 30.3 Å². The lowest BCUT2D eigenvalue weighted by atomic mass is 10.1. The number of carboxylic acids is 1. The monoisotopic (exact) mass is 425 g/mol. The van der Waals surface area contributed by atoms with Gasteiger partial charge < -0.3 is 30.7 Å². The number of carboxylic acid groups (broad SMARTS) is 1. The Morgan fingerprint density at radius 3 is 2.55 bits per heavy atom. The van der Waals surface area contributed by atoms with E-state index in [1.165, 1.54) is 28.0 Å². The molecule has 10 heteroatoms. The quantitative estimate of drug-likeness (QED) is 0.426. The highest BCUT2D eigenvalue weighted by Crippen LogP contribution is 2.16. The molecule has 0 bridgehead atoms. The van der Waals surface area contributed by atoms with E-state index in [9.17, 15) is 14.4 Å². The third kappa shape index (κ3) is 5.50. The van der Waals surface area contributed by atoms with Crippen molar-refractivity contribution in [1.82, 2.24) is 9.80 Å². The SMILES string of the molecule is N=C(N)C1CN(C(=O)OCc2ccccc2)CCN1C(=O)Nc1cccc(C(=O)O)c1. The van der Waals surface area contributed by atoms with Gasteiger partial charge in [-0.1, -0.05) is 36.4 Å². The third-order valence-corrected chi connectivity index (χ3v) is 4.82. The van der Waals surface area contributed by atoms with Crippen LogP contribution in [0.1, 0.15) is 15.9 Å². The van der Waals surface area contributed by atoms with Gasteiger partial charge in [-0.2, -0.15) is 0 Å². The summed E-state index contributed by atoms with van der Waals surface area (Å²) in [5.74, 6) is -1.38. The van der Waals surface area contributed by atoms with Crippen LogP contribution in [0.25, 0.3) is 0 Å². The molecule has 1 heterocycles. The number of hydrogen-bond donors (Lipinski definition) is 4. The lowest BCUT2D eigenvalue weighted by Gasteiger charge is -2.40. The molecule has 2 aromatic carbocycles. The zero-order chi connectivity index (χ0) is 22.4. The lowest BCUT2D eigenvalue weighted by molar-refractivity contribution is 0.0695. The van der Waals surface area contributed by atoms with Gasteiger partial charge in [-0.3, -0.25) is 5.41 Å². The van der Waals surface area contributed by atoms with E-state index < -0.39 is 24.1 Å². The van der Waals surface area contributed by atoms with Crippen LogP contribution in [0.15, 0.2) is 54.6 Å². The maximum atomic E-state index is 12.7. The first-order valence-corrected chi connectivity index (χ1v) is 9.55. The van der Waals surface area contributed by atoms with E-state index in [0.717, 1.165) is 5.56 Å². The molecule has 2 aromatic rings. The molecule has 0 aliphatic carbocycles. The molecule has 1 aliphatic heterocycles. The molecule has 1 unspecified atom stereocenters. The number of piperazine rings is 1. The Bertz CT molecular complexity index is 981. The molecule has 5 N–H and O–H groups in total. The Morgan fingerprint density at radius 1 is 1.13 bits per heavy atom. The van der Waals surface area contributed by atoms with E-state index in [4.69, 9.17) is 21.0 Å². The molecule has 0 spiro atoms. The van der Waals surface area contributed by atoms with Gasteiger partial charge in [0.2, 0.25) is 0 Å². The first kappa shape index (κ1) is 21.6. The van der Waals surface area contributed by atoms with Crippen molar-refractivity contribution in [3.05, 3.63) is 65.7 Å².